The molecule has 3 aliphatic rings. The molecule has 2 heterocycles. The number of epoxide rings is 1. The zero-order valence-electron chi connectivity index (χ0n) is 8.50. The number of ether oxygens (including phenoxy) is 2. The van der Waals surface area contributed by atoms with E-state index in [4.69, 9.17) is 9.57 Å². The molecule has 0 aromatic carbocycles. The number of carbonyl (C=O) groups excluding carboxylic acids is 2. The largest absolute Gasteiger partial charge is 0.464 e. The van der Waals surface area contributed by atoms with Crippen molar-refractivity contribution in [1.82, 2.24) is 0 Å². The summed E-state index contributed by atoms with van der Waals surface area (Å²) in [7, 11) is 1.28. The molecule has 0 aromatic rings. The number of methoxy groups -OCH3 is 1. The molecule has 0 bridgehead atoms. The average Bonchev–Trinajstić information content (AvgIpc) is 3.01. The fourth-order valence-corrected chi connectivity index (χ4v) is 2.05. The van der Waals surface area contributed by atoms with E-state index in [2.05, 4.69) is 9.89 Å². The Bertz CT molecular complexity index is 440. The summed E-state index contributed by atoms with van der Waals surface area (Å²) in [6, 6.07) is 0. The van der Waals surface area contributed by atoms with Gasteiger partial charge in [-0.25, -0.2) is 4.79 Å². The second kappa shape index (κ2) is 2.91. The van der Waals surface area contributed by atoms with Gasteiger partial charge in [-0.1, -0.05) is 5.16 Å². The second-order valence-electron chi connectivity index (χ2n) is 3.97. The molecule has 6 nitrogen and oxygen atoms in total. The minimum atomic E-state index is -0.790. The third-order valence-electron chi connectivity index (χ3n) is 2.97. The van der Waals surface area contributed by atoms with Gasteiger partial charge in [0, 0.05) is 6.42 Å². The molecule has 2 aliphatic heterocycles. The number of oxime groups is 1. The van der Waals surface area contributed by atoms with Crippen LogP contribution in [0.3, 0.4) is 0 Å². The SMILES string of the molecule is COC(=O)C1=NO[C@@]2(C=CC(=O)[C@H]3O[C@H]32)C1. The number of carbonyl (C=O) groups is 2. The number of esters is 1. The van der Waals surface area contributed by atoms with Crippen molar-refractivity contribution < 1.29 is 23.9 Å². The smallest absolute Gasteiger partial charge is 0.356 e. The minimum absolute atomic E-state index is 0.0641. The number of fused-ring (bicyclic) bond motifs is 2. The molecule has 1 spiro atoms. The van der Waals surface area contributed by atoms with Crippen molar-refractivity contribution in [2.24, 2.45) is 5.16 Å². The second-order valence-corrected chi connectivity index (χ2v) is 3.97. The number of hydrogen-bond acceptors (Lipinski definition) is 6. The van der Waals surface area contributed by atoms with E-state index in [-0.39, 0.29) is 24.0 Å². The van der Waals surface area contributed by atoms with Gasteiger partial charge in [-0.3, -0.25) is 4.79 Å². The van der Waals surface area contributed by atoms with Crippen LogP contribution in [0.4, 0.5) is 0 Å². The Morgan fingerprint density at radius 3 is 3.25 bits per heavy atom. The van der Waals surface area contributed by atoms with Gasteiger partial charge in [-0.2, -0.15) is 0 Å². The van der Waals surface area contributed by atoms with Gasteiger partial charge in [-0.15, -0.1) is 0 Å². The van der Waals surface area contributed by atoms with Crippen LogP contribution in [0.1, 0.15) is 6.42 Å². The Balaban J connectivity index is 1.82. The van der Waals surface area contributed by atoms with E-state index in [1.165, 1.54) is 13.2 Å². The number of rotatable bonds is 1. The molecule has 6 heteroatoms. The Morgan fingerprint density at radius 1 is 1.69 bits per heavy atom. The van der Waals surface area contributed by atoms with Crippen molar-refractivity contribution in [3.05, 3.63) is 12.2 Å². The molecule has 0 saturated carbocycles. The molecule has 3 atom stereocenters. The monoisotopic (exact) mass is 223 g/mol. The number of hydrogen-bond donors (Lipinski definition) is 0. The van der Waals surface area contributed by atoms with Gasteiger partial charge < -0.3 is 14.3 Å². The summed E-state index contributed by atoms with van der Waals surface area (Å²) in [5.74, 6) is -0.579. The van der Waals surface area contributed by atoms with Crippen LogP contribution in [0.25, 0.3) is 0 Å². The zero-order chi connectivity index (χ0) is 11.3. The van der Waals surface area contributed by atoms with Gasteiger partial charge in [0.15, 0.2) is 23.2 Å². The molecule has 3 rings (SSSR count). The van der Waals surface area contributed by atoms with E-state index in [0.29, 0.717) is 0 Å². The predicted molar refractivity (Wildman–Crippen MR) is 50.7 cm³/mol. The summed E-state index contributed by atoms with van der Waals surface area (Å²) < 4.78 is 9.78. The first-order chi connectivity index (χ1) is 7.66. The first-order valence-corrected chi connectivity index (χ1v) is 4.88. The zero-order valence-corrected chi connectivity index (χ0v) is 8.50. The van der Waals surface area contributed by atoms with E-state index < -0.39 is 17.7 Å². The number of nitrogens with zero attached hydrogens (tertiary/aromatic N) is 1. The first-order valence-electron chi connectivity index (χ1n) is 4.88. The lowest BCUT2D eigenvalue weighted by atomic mass is 9.86. The highest BCUT2D eigenvalue weighted by Crippen LogP contribution is 2.44. The van der Waals surface area contributed by atoms with Crippen LogP contribution in [0.15, 0.2) is 17.3 Å². The van der Waals surface area contributed by atoms with E-state index in [0.717, 1.165) is 0 Å². The van der Waals surface area contributed by atoms with E-state index in [1.54, 1.807) is 6.08 Å². The van der Waals surface area contributed by atoms with Crippen LogP contribution in [-0.4, -0.2) is 42.4 Å². The topological polar surface area (TPSA) is 77.5 Å². The van der Waals surface area contributed by atoms with Crippen molar-refractivity contribution in [1.29, 1.82) is 0 Å². The first kappa shape index (κ1) is 9.53. The van der Waals surface area contributed by atoms with Crippen molar-refractivity contribution in [3.8, 4) is 0 Å². The van der Waals surface area contributed by atoms with Crippen molar-refractivity contribution in [2.75, 3.05) is 7.11 Å². The molecule has 0 aromatic heterocycles. The molecular formula is C10H9NO5. The molecule has 16 heavy (non-hydrogen) atoms. The normalized spacial score (nSPS) is 39.1. The van der Waals surface area contributed by atoms with Gasteiger partial charge in [0.05, 0.1) is 7.11 Å². The van der Waals surface area contributed by atoms with Crippen LogP contribution in [0, 0.1) is 0 Å². The van der Waals surface area contributed by atoms with Crippen molar-refractivity contribution in [3.63, 3.8) is 0 Å². The molecule has 1 aliphatic carbocycles. The molecule has 0 amide bonds. The van der Waals surface area contributed by atoms with Crippen LogP contribution in [0.5, 0.6) is 0 Å². The fraction of sp³-hybridized carbons (Fsp3) is 0.500. The third-order valence-corrected chi connectivity index (χ3v) is 2.97. The summed E-state index contributed by atoms with van der Waals surface area (Å²) in [6.07, 6.45) is 2.56. The Kier molecular flexibility index (Phi) is 1.74. The van der Waals surface area contributed by atoms with E-state index in [9.17, 15) is 9.59 Å². The lowest BCUT2D eigenvalue weighted by Gasteiger charge is -2.21. The van der Waals surface area contributed by atoms with Gasteiger partial charge in [-0.05, 0) is 12.2 Å². The average molecular weight is 223 g/mol. The lowest BCUT2D eigenvalue weighted by Crippen LogP contribution is -2.39. The number of ketones is 1. The molecular weight excluding hydrogens is 214 g/mol. The van der Waals surface area contributed by atoms with Gasteiger partial charge in [0.25, 0.3) is 0 Å². The molecule has 0 radical (unpaired) electrons. The summed E-state index contributed by atoms with van der Waals surface area (Å²) >= 11 is 0. The van der Waals surface area contributed by atoms with Crippen LogP contribution < -0.4 is 0 Å². The fourth-order valence-electron chi connectivity index (χ4n) is 2.05. The maximum atomic E-state index is 11.3. The third kappa shape index (κ3) is 1.13. The van der Waals surface area contributed by atoms with Gasteiger partial charge >= 0.3 is 5.97 Å². The van der Waals surface area contributed by atoms with Crippen molar-refractivity contribution in [2.45, 2.75) is 24.2 Å². The molecule has 0 unspecified atom stereocenters. The Morgan fingerprint density at radius 2 is 2.50 bits per heavy atom. The van der Waals surface area contributed by atoms with E-state index >= 15 is 0 Å². The quantitative estimate of drug-likeness (QED) is 0.445. The van der Waals surface area contributed by atoms with Crippen LogP contribution in [0.2, 0.25) is 0 Å². The van der Waals surface area contributed by atoms with Gasteiger partial charge in [0.1, 0.15) is 6.10 Å². The molecule has 0 N–H and O–H groups in total. The molecule has 1 saturated heterocycles. The van der Waals surface area contributed by atoms with Crippen molar-refractivity contribution >= 4 is 17.5 Å². The highest BCUT2D eigenvalue weighted by Gasteiger charge is 2.63. The van der Waals surface area contributed by atoms with Crippen LogP contribution in [-0.2, 0) is 23.9 Å². The Hall–Kier alpha value is -1.69. The van der Waals surface area contributed by atoms with E-state index in [1.807, 2.05) is 0 Å². The van der Waals surface area contributed by atoms with Gasteiger partial charge in [0.2, 0.25) is 0 Å². The Labute approximate surface area is 90.8 Å². The highest BCUT2D eigenvalue weighted by atomic mass is 16.7. The highest BCUT2D eigenvalue weighted by molar-refractivity contribution is 6.37. The van der Waals surface area contributed by atoms with Crippen LogP contribution >= 0.6 is 0 Å². The summed E-state index contributed by atoms with van der Waals surface area (Å²) in [5, 5.41) is 3.69. The molecule has 1 fully saturated rings. The predicted octanol–water partition coefficient (Wildman–Crippen LogP) is -0.419. The maximum absolute atomic E-state index is 11.3. The summed E-state index contributed by atoms with van der Waals surface area (Å²) in [4.78, 5) is 27.8. The summed E-state index contributed by atoms with van der Waals surface area (Å²) in [6.45, 7) is 0. The molecule has 84 valence electrons. The standard InChI is InChI=1S/C10H9NO5/c1-14-9(13)5-4-10(16-11-5)3-2-6(12)7-8(10)15-7/h2-3,7-8H,4H2,1H3/t7-,8-,10+/m1/s1. The summed E-state index contributed by atoms with van der Waals surface area (Å²) in [5.41, 5.74) is -0.571. The maximum Gasteiger partial charge on any atom is 0.356 e. The lowest BCUT2D eigenvalue weighted by molar-refractivity contribution is -0.132. The minimum Gasteiger partial charge on any atom is -0.464 e.